The number of nitrogens with zero attached hydrogens (tertiary/aromatic N) is 3. The van der Waals surface area contributed by atoms with Gasteiger partial charge in [-0.2, -0.15) is 0 Å². The van der Waals surface area contributed by atoms with E-state index < -0.39 is 0 Å². The number of benzene rings is 1. The van der Waals surface area contributed by atoms with Crippen LogP contribution < -0.4 is 0 Å². The number of thiophene rings is 1. The Balaban J connectivity index is 2.18. The third-order valence-corrected chi connectivity index (χ3v) is 3.37. The summed E-state index contributed by atoms with van der Waals surface area (Å²) in [5.74, 6) is 0.551. The van der Waals surface area contributed by atoms with Gasteiger partial charge in [-0.15, -0.1) is 21.5 Å². The van der Waals surface area contributed by atoms with Gasteiger partial charge in [-0.05, 0) is 35.0 Å². The first-order valence-corrected chi connectivity index (χ1v) is 5.74. The highest BCUT2D eigenvalue weighted by Gasteiger charge is 2.05. The average molecular weight is 231 g/mol. The standard InChI is InChI=1S/C11H9N3OS/c15-6-11-13-12-7-14(11)9-1-2-10-8(5-9)3-4-16-10/h1-5,7,15H,6H2. The summed E-state index contributed by atoms with van der Waals surface area (Å²) in [6.07, 6.45) is 1.61. The lowest BCUT2D eigenvalue weighted by molar-refractivity contribution is 0.269. The van der Waals surface area contributed by atoms with Gasteiger partial charge in [0.25, 0.3) is 0 Å². The van der Waals surface area contributed by atoms with Gasteiger partial charge in [0, 0.05) is 10.4 Å². The molecule has 4 nitrogen and oxygen atoms in total. The Morgan fingerprint density at radius 3 is 3.12 bits per heavy atom. The van der Waals surface area contributed by atoms with Crippen molar-refractivity contribution in [2.75, 3.05) is 0 Å². The van der Waals surface area contributed by atoms with Gasteiger partial charge in [0.2, 0.25) is 0 Å². The molecule has 0 aliphatic rings. The Hall–Kier alpha value is -1.72. The lowest BCUT2D eigenvalue weighted by atomic mass is 10.2. The minimum atomic E-state index is -0.109. The fourth-order valence-corrected chi connectivity index (χ4v) is 2.46. The predicted molar refractivity (Wildman–Crippen MR) is 62.7 cm³/mol. The molecule has 0 atom stereocenters. The number of aliphatic hydroxyl groups is 1. The molecule has 3 rings (SSSR count). The highest BCUT2D eigenvalue weighted by molar-refractivity contribution is 7.17. The zero-order valence-corrected chi connectivity index (χ0v) is 9.18. The van der Waals surface area contributed by atoms with E-state index in [9.17, 15) is 0 Å². The Bertz CT molecular complexity index is 629. The fraction of sp³-hybridized carbons (Fsp3) is 0.0909. The summed E-state index contributed by atoms with van der Waals surface area (Å²) in [5, 5.41) is 20.0. The van der Waals surface area contributed by atoms with Crippen molar-refractivity contribution in [2.24, 2.45) is 0 Å². The summed E-state index contributed by atoms with van der Waals surface area (Å²) < 4.78 is 3.04. The van der Waals surface area contributed by atoms with Crippen molar-refractivity contribution in [1.82, 2.24) is 14.8 Å². The Kier molecular flexibility index (Phi) is 2.19. The van der Waals surface area contributed by atoms with Crippen LogP contribution in [0.3, 0.4) is 0 Å². The van der Waals surface area contributed by atoms with Gasteiger partial charge < -0.3 is 5.11 Å². The molecule has 5 heteroatoms. The van der Waals surface area contributed by atoms with Crippen LogP contribution >= 0.6 is 11.3 Å². The first kappa shape index (κ1) is 9.50. The van der Waals surface area contributed by atoms with Gasteiger partial charge in [0.15, 0.2) is 5.82 Å². The number of aliphatic hydroxyl groups excluding tert-OH is 1. The Morgan fingerprint density at radius 1 is 1.31 bits per heavy atom. The minimum absolute atomic E-state index is 0.109. The van der Waals surface area contributed by atoms with E-state index in [4.69, 9.17) is 5.11 Å². The first-order chi connectivity index (χ1) is 7.88. The number of aromatic nitrogens is 3. The van der Waals surface area contributed by atoms with Crippen molar-refractivity contribution in [2.45, 2.75) is 6.61 Å². The molecule has 3 aromatic rings. The lowest BCUT2D eigenvalue weighted by Gasteiger charge is -2.04. The van der Waals surface area contributed by atoms with Crippen molar-refractivity contribution in [3.8, 4) is 5.69 Å². The van der Waals surface area contributed by atoms with Crippen molar-refractivity contribution >= 4 is 21.4 Å². The summed E-state index contributed by atoms with van der Waals surface area (Å²) >= 11 is 1.71. The summed E-state index contributed by atoms with van der Waals surface area (Å²) in [6.45, 7) is -0.109. The second-order valence-corrected chi connectivity index (χ2v) is 4.37. The van der Waals surface area contributed by atoms with Crippen LogP contribution in [-0.4, -0.2) is 19.9 Å². The Morgan fingerprint density at radius 2 is 2.25 bits per heavy atom. The van der Waals surface area contributed by atoms with Gasteiger partial charge >= 0.3 is 0 Å². The zero-order chi connectivity index (χ0) is 11.0. The third-order valence-electron chi connectivity index (χ3n) is 2.47. The molecule has 0 unspecified atom stereocenters. The lowest BCUT2D eigenvalue weighted by Crippen LogP contribution is -1.99. The maximum Gasteiger partial charge on any atom is 0.163 e. The van der Waals surface area contributed by atoms with E-state index in [-0.39, 0.29) is 6.61 Å². The molecule has 16 heavy (non-hydrogen) atoms. The monoisotopic (exact) mass is 231 g/mol. The molecule has 1 N–H and O–H groups in total. The minimum Gasteiger partial charge on any atom is -0.388 e. The smallest absolute Gasteiger partial charge is 0.163 e. The van der Waals surface area contributed by atoms with Crippen molar-refractivity contribution in [3.05, 3.63) is 41.8 Å². The fourth-order valence-electron chi connectivity index (χ4n) is 1.69. The van der Waals surface area contributed by atoms with Crippen molar-refractivity contribution in [1.29, 1.82) is 0 Å². The number of rotatable bonds is 2. The van der Waals surface area contributed by atoms with Crippen LogP contribution in [-0.2, 0) is 6.61 Å². The highest BCUT2D eigenvalue weighted by atomic mass is 32.1. The van der Waals surface area contributed by atoms with Gasteiger partial charge in [-0.1, -0.05) is 0 Å². The molecule has 0 radical (unpaired) electrons. The van der Waals surface area contributed by atoms with E-state index in [0.717, 1.165) is 5.69 Å². The van der Waals surface area contributed by atoms with E-state index in [0.29, 0.717) is 5.82 Å². The van der Waals surface area contributed by atoms with Crippen LogP contribution in [0.4, 0.5) is 0 Å². The van der Waals surface area contributed by atoms with Crippen LogP contribution in [0, 0.1) is 0 Å². The molecule has 80 valence electrons. The maximum atomic E-state index is 9.12. The second-order valence-electron chi connectivity index (χ2n) is 3.42. The second kappa shape index (κ2) is 3.70. The van der Waals surface area contributed by atoms with Gasteiger partial charge in [0.1, 0.15) is 12.9 Å². The molecule has 0 bridgehead atoms. The summed E-state index contributed by atoms with van der Waals surface area (Å²) in [5.41, 5.74) is 0.972. The molecule has 0 saturated carbocycles. The molecule has 1 aromatic carbocycles. The number of fused-ring (bicyclic) bond motifs is 1. The largest absolute Gasteiger partial charge is 0.388 e. The molecule has 0 saturated heterocycles. The zero-order valence-electron chi connectivity index (χ0n) is 8.37. The number of hydrogen-bond donors (Lipinski definition) is 1. The van der Waals surface area contributed by atoms with E-state index >= 15 is 0 Å². The molecule has 0 fully saturated rings. The van der Waals surface area contributed by atoms with E-state index in [1.54, 1.807) is 22.2 Å². The van der Waals surface area contributed by atoms with Gasteiger partial charge in [0.05, 0.1) is 0 Å². The average Bonchev–Trinajstić information content (AvgIpc) is 2.96. The quantitative estimate of drug-likeness (QED) is 0.733. The molecular weight excluding hydrogens is 222 g/mol. The van der Waals surface area contributed by atoms with Crippen LogP contribution in [0.25, 0.3) is 15.8 Å². The first-order valence-electron chi connectivity index (χ1n) is 4.86. The Labute approximate surface area is 95.8 Å². The molecule has 2 heterocycles. The summed E-state index contributed by atoms with van der Waals surface area (Å²) in [6, 6.07) is 8.21. The van der Waals surface area contributed by atoms with E-state index in [1.807, 2.05) is 6.07 Å². The van der Waals surface area contributed by atoms with E-state index in [1.165, 1.54) is 10.1 Å². The maximum absolute atomic E-state index is 9.12. The van der Waals surface area contributed by atoms with Gasteiger partial charge in [-0.3, -0.25) is 4.57 Å². The molecule has 0 aliphatic heterocycles. The van der Waals surface area contributed by atoms with E-state index in [2.05, 4.69) is 33.8 Å². The van der Waals surface area contributed by atoms with Crippen molar-refractivity contribution in [3.63, 3.8) is 0 Å². The molecule has 0 spiro atoms. The van der Waals surface area contributed by atoms with Gasteiger partial charge in [-0.25, -0.2) is 0 Å². The summed E-state index contributed by atoms with van der Waals surface area (Å²) in [4.78, 5) is 0. The van der Waals surface area contributed by atoms with Crippen LogP contribution in [0.2, 0.25) is 0 Å². The third kappa shape index (κ3) is 1.41. The van der Waals surface area contributed by atoms with Crippen LogP contribution in [0.15, 0.2) is 36.0 Å². The van der Waals surface area contributed by atoms with Crippen LogP contribution in [0.5, 0.6) is 0 Å². The molecular formula is C11H9N3OS. The summed E-state index contributed by atoms with van der Waals surface area (Å²) in [7, 11) is 0. The molecule has 2 aromatic heterocycles. The predicted octanol–water partition coefficient (Wildman–Crippen LogP) is 1.97. The molecule has 0 aliphatic carbocycles. The van der Waals surface area contributed by atoms with Crippen LogP contribution in [0.1, 0.15) is 5.82 Å². The number of hydrogen-bond acceptors (Lipinski definition) is 4. The molecule has 0 amide bonds. The topological polar surface area (TPSA) is 50.9 Å². The normalized spacial score (nSPS) is 11.1. The SMILES string of the molecule is OCc1nncn1-c1ccc2sccc2c1. The highest BCUT2D eigenvalue weighted by Crippen LogP contribution is 2.23. The van der Waals surface area contributed by atoms with Crippen molar-refractivity contribution < 1.29 is 5.11 Å².